The van der Waals surface area contributed by atoms with Crippen LogP contribution in [0.3, 0.4) is 0 Å². The molecule has 1 fully saturated rings. The fourth-order valence-corrected chi connectivity index (χ4v) is 4.17. The minimum absolute atomic E-state index is 0.277. The summed E-state index contributed by atoms with van der Waals surface area (Å²) in [5, 5.41) is 1.20. The van der Waals surface area contributed by atoms with Crippen LogP contribution < -0.4 is 0 Å². The van der Waals surface area contributed by atoms with Gasteiger partial charge in [0.2, 0.25) is 5.91 Å². The van der Waals surface area contributed by atoms with E-state index in [1.807, 2.05) is 0 Å². The minimum atomic E-state index is 0.277. The number of piperidine rings is 1. The van der Waals surface area contributed by atoms with Crippen LogP contribution in [0.5, 0.6) is 0 Å². The topological polar surface area (TPSA) is 28.5 Å². The molecule has 1 aromatic heterocycles. The van der Waals surface area contributed by atoms with E-state index >= 15 is 0 Å². The third kappa shape index (κ3) is 4.47. The van der Waals surface area contributed by atoms with Crippen LogP contribution >= 0.6 is 0 Å². The number of carbonyl (C=O) groups excluding carboxylic acids is 1. The van der Waals surface area contributed by atoms with Crippen molar-refractivity contribution in [2.24, 2.45) is 13.0 Å². The Morgan fingerprint density at radius 1 is 1.23 bits per heavy atom. The molecule has 26 heavy (non-hydrogen) atoms. The van der Waals surface area contributed by atoms with Crippen molar-refractivity contribution in [1.29, 1.82) is 0 Å². The number of para-hydroxylation sites is 1. The Balaban J connectivity index is 1.52. The Labute approximate surface area is 157 Å². The van der Waals surface area contributed by atoms with Crippen LogP contribution in [0.2, 0.25) is 0 Å². The third-order valence-electron chi connectivity index (χ3n) is 5.75. The molecule has 1 aliphatic heterocycles. The fraction of sp³-hybridized carbons (Fsp3) is 0.591. The van der Waals surface area contributed by atoms with Gasteiger partial charge in [-0.25, -0.2) is 0 Å². The molecule has 0 N–H and O–H groups in total. The van der Waals surface area contributed by atoms with Gasteiger partial charge < -0.3 is 14.4 Å². The predicted molar refractivity (Wildman–Crippen MR) is 108 cm³/mol. The molecular formula is C22H33N3O. The van der Waals surface area contributed by atoms with Gasteiger partial charge in [0.05, 0.1) is 6.42 Å². The average Bonchev–Trinajstić information content (AvgIpc) is 2.96. The molecule has 1 amide bonds. The van der Waals surface area contributed by atoms with Gasteiger partial charge in [-0.3, -0.25) is 4.79 Å². The summed E-state index contributed by atoms with van der Waals surface area (Å²) < 4.78 is 2.12. The molecule has 0 aliphatic carbocycles. The number of unbranched alkanes of at least 4 members (excludes halogenated alkanes) is 1. The zero-order valence-electron chi connectivity index (χ0n) is 16.6. The van der Waals surface area contributed by atoms with Crippen LogP contribution in [0.15, 0.2) is 30.5 Å². The van der Waals surface area contributed by atoms with E-state index in [4.69, 9.17) is 0 Å². The Morgan fingerprint density at radius 2 is 1.96 bits per heavy atom. The van der Waals surface area contributed by atoms with E-state index in [0.29, 0.717) is 6.42 Å². The highest BCUT2D eigenvalue weighted by Gasteiger charge is 2.24. The number of benzene rings is 1. The molecule has 0 atom stereocenters. The maximum atomic E-state index is 12.8. The van der Waals surface area contributed by atoms with Gasteiger partial charge in [0, 0.05) is 43.8 Å². The molecule has 1 aromatic carbocycles. The van der Waals surface area contributed by atoms with E-state index in [0.717, 1.165) is 37.4 Å². The lowest BCUT2D eigenvalue weighted by Gasteiger charge is -2.34. The van der Waals surface area contributed by atoms with Gasteiger partial charge in [-0.1, -0.05) is 31.5 Å². The SMILES string of the molecule is CCCCN(C)CC1CCN(C(=O)Cc2cn(C)c3ccccc23)CC1. The highest BCUT2D eigenvalue weighted by Crippen LogP contribution is 2.23. The van der Waals surface area contributed by atoms with Crippen molar-refractivity contribution in [3.05, 3.63) is 36.0 Å². The number of hydrogen-bond donors (Lipinski definition) is 0. The van der Waals surface area contributed by atoms with Crippen molar-refractivity contribution in [1.82, 2.24) is 14.4 Å². The van der Waals surface area contributed by atoms with E-state index < -0.39 is 0 Å². The molecular weight excluding hydrogens is 322 g/mol. The Morgan fingerprint density at radius 3 is 2.69 bits per heavy atom. The van der Waals surface area contributed by atoms with E-state index in [2.05, 4.69) is 65.8 Å². The number of likely N-dealkylation sites (tertiary alicyclic amines) is 1. The molecule has 4 nitrogen and oxygen atoms in total. The normalized spacial score (nSPS) is 15.9. The third-order valence-corrected chi connectivity index (χ3v) is 5.75. The number of nitrogens with zero attached hydrogens (tertiary/aromatic N) is 3. The highest BCUT2D eigenvalue weighted by atomic mass is 16.2. The van der Waals surface area contributed by atoms with Gasteiger partial charge in [0.1, 0.15) is 0 Å². The zero-order valence-corrected chi connectivity index (χ0v) is 16.6. The molecule has 0 radical (unpaired) electrons. The summed E-state index contributed by atoms with van der Waals surface area (Å²) in [6.07, 6.45) is 7.43. The molecule has 142 valence electrons. The summed E-state index contributed by atoms with van der Waals surface area (Å²) in [7, 11) is 4.28. The van der Waals surface area contributed by atoms with Crippen LogP contribution in [0.25, 0.3) is 10.9 Å². The predicted octanol–water partition coefficient (Wildman–Crippen LogP) is 3.69. The van der Waals surface area contributed by atoms with Crippen molar-refractivity contribution in [2.45, 2.75) is 39.0 Å². The van der Waals surface area contributed by atoms with Crippen molar-refractivity contribution in [3.8, 4) is 0 Å². The molecule has 0 spiro atoms. The first-order valence-corrected chi connectivity index (χ1v) is 10.1. The number of fused-ring (bicyclic) bond motifs is 1. The molecule has 0 saturated carbocycles. The van der Waals surface area contributed by atoms with Gasteiger partial charge in [-0.2, -0.15) is 0 Å². The molecule has 2 heterocycles. The van der Waals surface area contributed by atoms with Gasteiger partial charge in [-0.15, -0.1) is 0 Å². The van der Waals surface area contributed by atoms with Gasteiger partial charge in [-0.05, 0) is 50.4 Å². The Bertz CT molecular complexity index is 728. The Hall–Kier alpha value is -1.81. The van der Waals surface area contributed by atoms with Crippen LogP contribution in [-0.2, 0) is 18.3 Å². The first-order chi connectivity index (χ1) is 12.6. The largest absolute Gasteiger partial charge is 0.350 e. The number of aromatic nitrogens is 1. The second-order valence-electron chi connectivity index (χ2n) is 7.90. The molecule has 0 unspecified atom stereocenters. The fourth-order valence-electron chi connectivity index (χ4n) is 4.17. The van der Waals surface area contributed by atoms with E-state index in [1.54, 1.807) is 0 Å². The van der Waals surface area contributed by atoms with Crippen LogP contribution in [0, 0.1) is 5.92 Å². The molecule has 1 saturated heterocycles. The quantitative estimate of drug-likeness (QED) is 0.758. The molecule has 2 aromatic rings. The van der Waals surface area contributed by atoms with Crippen LogP contribution in [0.1, 0.15) is 38.2 Å². The second-order valence-corrected chi connectivity index (χ2v) is 7.90. The van der Waals surface area contributed by atoms with Crippen molar-refractivity contribution in [3.63, 3.8) is 0 Å². The summed E-state index contributed by atoms with van der Waals surface area (Å²) in [5.41, 5.74) is 2.35. The lowest BCUT2D eigenvalue weighted by Crippen LogP contribution is -2.41. The van der Waals surface area contributed by atoms with Gasteiger partial charge >= 0.3 is 0 Å². The summed E-state index contributed by atoms with van der Waals surface area (Å²) in [6, 6.07) is 8.34. The number of carbonyl (C=O) groups is 1. The van der Waals surface area contributed by atoms with Gasteiger partial charge in [0.15, 0.2) is 0 Å². The standard InChI is InChI=1S/C22H33N3O/c1-4-5-12-23(2)16-18-10-13-25(14-11-18)22(26)15-19-17-24(3)21-9-7-6-8-20(19)21/h6-9,17-18H,4-5,10-16H2,1-3H3. The van der Waals surface area contributed by atoms with E-state index in [-0.39, 0.29) is 5.91 Å². The highest BCUT2D eigenvalue weighted by molar-refractivity contribution is 5.89. The maximum Gasteiger partial charge on any atom is 0.227 e. The van der Waals surface area contributed by atoms with Crippen molar-refractivity contribution >= 4 is 16.8 Å². The Kier molecular flexibility index (Phi) is 6.36. The summed E-state index contributed by atoms with van der Waals surface area (Å²) in [4.78, 5) is 17.3. The van der Waals surface area contributed by atoms with Crippen molar-refractivity contribution in [2.75, 3.05) is 33.2 Å². The van der Waals surface area contributed by atoms with Crippen LogP contribution in [0.4, 0.5) is 0 Å². The van der Waals surface area contributed by atoms with Gasteiger partial charge in [0.25, 0.3) is 0 Å². The lowest BCUT2D eigenvalue weighted by atomic mass is 9.95. The lowest BCUT2D eigenvalue weighted by molar-refractivity contribution is -0.131. The number of aryl methyl sites for hydroxylation is 1. The summed E-state index contributed by atoms with van der Waals surface area (Å²) >= 11 is 0. The molecule has 3 rings (SSSR count). The molecule has 4 heteroatoms. The molecule has 1 aliphatic rings. The van der Waals surface area contributed by atoms with Crippen LogP contribution in [-0.4, -0.2) is 53.5 Å². The maximum absolute atomic E-state index is 12.8. The zero-order chi connectivity index (χ0) is 18.5. The molecule has 0 bridgehead atoms. The van der Waals surface area contributed by atoms with E-state index in [1.165, 1.54) is 36.8 Å². The smallest absolute Gasteiger partial charge is 0.227 e. The van der Waals surface area contributed by atoms with Crippen molar-refractivity contribution < 1.29 is 4.79 Å². The number of amides is 1. The first-order valence-electron chi connectivity index (χ1n) is 10.1. The summed E-state index contributed by atoms with van der Waals surface area (Å²) in [5.74, 6) is 1.01. The first kappa shape index (κ1) is 19.0. The minimum Gasteiger partial charge on any atom is -0.350 e. The monoisotopic (exact) mass is 355 g/mol. The second kappa shape index (κ2) is 8.72. The number of rotatable bonds is 7. The van der Waals surface area contributed by atoms with E-state index in [9.17, 15) is 4.79 Å². The number of hydrogen-bond acceptors (Lipinski definition) is 2. The summed E-state index contributed by atoms with van der Waals surface area (Å²) in [6.45, 7) is 6.43. The average molecular weight is 356 g/mol.